The molecule has 0 bridgehead atoms. The fourth-order valence-electron chi connectivity index (χ4n) is 4.71. The number of para-hydroxylation sites is 1. The number of rotatable bonds is 11. The zero-order chi connectivity index (χ0) is 27.8. The number of aryl methyl sites for hydroxylation is 2. The second kappa shape index (κ2) is 13.0. The number of anilines is 1. The Morgan fingerprint density at radius 1 is 1.10 bits per heavy atom. The van der Waals surface area contributed by atoms with Crippen molar-refractivity contribution in [3.63, 3.8) is 0 Å². The van der Waals surface area contributed by atoms with Crippen LogP contribution in [0.25, 0.3) is 0 Å². The highest BCUT2D eigenvalue weighted by molar-refractivity contribution is 5.69. The molecule has 4 rings (SSSR count). The van der Waals surface area contributed by atoms with E-state index in [1.165, 1.54) is 16.7 Å². The Labute approximate surface area is 233 Å². The zero-order valence-electron chi connectivity index (χ0n) is 24.1. The lowest BCUT2D eigenvalue weighted by molar-refractivity contribution is -0.0141. The number of nitrogens with one attached hydrogen (secondary N) is 1. The maximum absolute atomic E-state index is 12.4. The van der Waals surface area contributed by atoms with Crippen molar-refractivity contribution in [1.82, 2.24) is 9.88 Å². The summed E-state index contributed by atoms with van der Waals surface area (Å²) in [4.78, 5) is 18.7. The number of amides is 1. The van der Waals surface area contributed by atoms with Gasteiger partial charge in [-0.25, -0.2) is 4.79 Å². The summed E-state index contributed by atoms with van der Waals surface area (Å²) in [5, 5.41) is 3.48. The topological polar surface area (TPSA) is 63.7 Å². The van der Waals surface area contributed by atoms with Crippen molar-refractivity contribution in [3.05, 3.63) is 89.2 Å². The van der Waals surface area contributed by atoms with Gasteiger partial charge >= 0.3 is 6.09 Å². The molecule has 1 aliphatic heterocycles. The molecule has 1 aliphatic rings. The summed E-state index contributed by atoms with van der Waals surface area (Å²) in [7, 11) is 0. The molecule has 0 aliphatic carbocycles. The van der Waals surface area contributed by atoms with Gasteiger partial charge in [0.25, 0.3) is 0 Å². The molecule has 0 radical (unpaired) electrons. The van der Waals surface area contributed by atoms with E-state index in [4.69, 9.17) is 9.47 Å². The maximum atomic E-state index is 12.4. The van der Waals surface area contributed by atoms with E-state index >= 15 is 0 Å². The average molecular weight is 530 g/mol. The van der Waals surface area contributed by atoms with Crippen LogP contribution >= 0.6 is 0 Å². The number of nitrogens with zero attached hydrogens (tertiary/aromatic N) is 2. The van der Waals surface area contributed by atoms with E-state index in [2.05, 4.69) is 78.7 Å². The standard InChI is InChI=1S/C33H43N3O3/c1-24(27-15-12-26(13-16-27)17-19-34-29-9-7-6-8-10-29)11-14-28-21-31(22-35-25(28)2)38-23-30-18-20-36(30)32(37)39-33(3,4)5/h6-10,12-13,15-16,21-22,24,30,34H,11,14,17-20,23H2,1-5H3. The highest BCUT2D eigenvalue weighted by Crippen LogP contribution is 2.26. The number of aromatic nitrogens is 1. The predicted octanol–water partition coefficient (Wildman–Crippen LogP) is 7.17. The van der Waals surface area contributed by atoms with Crippen LogP contribution in [0.4, 0.5) is 10.5 Å². The molecule has 1 saturated heterocycles. The number of carbonyl (C=O) groups excluding carboxylic acids is 1. The van der Waals surface area contributed by atoms with Crippen LogP contribution in [-0.4, -0.2) is 47.3 Å². The summed E-state index contributed by atoms with van der Waals surface area (Å²) in [6, 6.07) is 21.5. The third-order valence-corrected chi connectivity index (χ3v) is 7.29. The van der Waals surface area contributed by atoms with Crippen LogP contribution in [0.5, 0.6) is 5.75 Å². The summed E-state index contributed by atoms with van der Waals surface area (Å²) in [5.41, 5.74) is 5.62. The smallest absolute Gasteiger partial charge is 0.410 e. The molecule has 1 aromatic heterocycles. The van der Waals surface area contributed by atoms with Crippen LogP contribution in [0.2, 0.25) is 0 Å². The second-order valence-electron chi connectivity index (χ2n) is 11.6. The quantitative estimate of drug-likeness (QED) is 0.285. The van der Waals surface area contributed by atoms with Gasteiger partial charge < -0.3 is 19.7 Å². The predicted molar refractivity (Wildman–Crippen MR) is 158 cm³/mol. The molecular formula is C33H43N3O3. The molecule has 3 aromatic rings. The van der Waals surface area contributed by atoms with Crippen LogP contribution in [0, 0.1) is 6.92 Å². The molecule has 6 nitrogen and oxygen atoms in total. The lowest BCUT2D eigenvalue weighted by atomic mass is 9.93. The third-order valence-electron chi connectivity index (χ3n) is 7.29. The lowest BCUT2D eigenvalue weighted by Crippen LogP contribution is -2.55. The van der Waals surface area contributed by atoms with Crippen molar-refractivity contribution in [2.24, 2.45) is 0 Å². The third kappa shape index (κ3) is 8.47. The van der Waals surface area contributed by atoms with Crippen molar-refractivity contribution in [1.29, 1.82) is 0 Å². The Balaban J connectivity index is 1.23. The van der Waals surface area contributed by atoms with Crippen molar-refractivity contribution in [2.45, 2.75) is 77.9 Å². The van der Waals surface area contributed by atoms with Gasteiger partial charge in [-0.3, -0.25) is 4.98 Å². The van der Waals surface area contributed by atoms with E-state index in [0.29, 0.717) is 19.1 Å². The number of hydrogen-bond acceptors (Lipinski definition) is 5. The molecule has 1 N–H and O–H groups in total. The van der Waals surface area contributed by atoms with Gasteiger partial charge in [-0.2, -0.15) is 0 Å². The molecule has 6 heteroatoms. The van der Waals surface area contributed by atoms with Gasteiger partial charge in [-0.05, 0) is 94.2 Å². The highest BCUT2D eigenvalue weighted by Gasteiger charge is 2.35. The number of benzene rings is 2. The molecule has 0 saturated carbocycles. The number of ether oxygens (including phenoxy) is 2. The number of carbonyl (C=O) groups is 1. The van der Waals surface area contributed by atoms with Gasteiger partial charge in [0.2, 0.25) is 0 Å². The van der Waals surface area contributed by atoms with Gasteiger partial charge in [0.1, 0.15) is 18.0 Å². The van der Waals surface area contributed by atoms with Crippen LogP contribution in [0.1, 0.15) is 68.8 Å². The first-order valence-corrected chi connectivity index (χ1v) is 14.1. The van der Waals surface area contributed by atoms with Crippen LogP contribution < -0.4 is 10.1 Å². The summed E-state index contributed by atoms with van der Waals surface area (Å²) in [6.07, 6.45) is 5.41. The van der Waals surface area contributed by atoms with E-state index < -0.39 is 5.60 Å². The summed E-state index contributed by atoms with van der Waals surface area (Å²) >= 11 is 0. The Morgan fingerprint density at radius 3 is 2.51 bits per heavy atom. The second-order valence-corrected chi connectivity index (χ2v) is 11.6. The van der Waals surface area contributed by atoms with Crippen molar-refractivity contribution in [3.8, 4) is 5.75 Å². The monoisotopic (exact) mass is 529 g/mol. The van der Waals surface area contributed by atoms with E-state index in [1.807, 2.05) is 26.8 Å². The van der Waals surface area contributed by atoms with E-state index in [9.17, 15) is 4.79 Å². The Hall–Kier alpha value is -3.54. The maximum Gasteiger partial charge on any atom is 0.410 e. The normalized spacial score (nSPS) is 15.8. The zero-order valence-corrected chi connectivity index (χ0v) is 24.1. The minimum atomic E-state index is -0.493. The molecule has 2 atom stereocenters. The first kappa shape index (κ1) is 28.5. The largest absolute Gasteiger partial charge is 0.490 e. The number of likely N-dealkylation sites (tertiary alicyclic amines) is 1. The Morgan fingerprint density at radius 2 is 1.85 bits per heavy atom. The van der Waals surface area contributed by atoms with Crippen LogP contribution in [0.3, 0.4) is 0 Å². The Bertz CT molecular complexity index is 1210. The number of pyridine rings is 1. The molecule has 208 valence electrons. The van der Waals surface area contributed by atoms with Crippen LogP contribution in [0.15, 0.2) is 66.9 Å². The molecule has 0 spiro atoms. The fraction of sp³-hybridized carbons (Fsp3) is 0.455. The lowest BCUT2D eigenvalue weighted by Gasteiger charge is -2.41. The Kier molecular flexibility index (Phi) is 9.50. The molecule has 2 aromatic carbocycles. The van der Waals surface area contributed by atoms with Crippen molar-refractivity contribution < 1.29 is 14.3 Å². The molecule has 1 amide bonds. The summed E-state index contributed by atoms with van der Waals surface area (Å²) < 4.78 is 11.6. The van der Waals surface area contributed by atoms with E-state index in [0.717, 1.165) is 49.4 Å². The molecule has 39 heavy (non-hydrogen) atoms. The van der Waals surface area contributed by atoms with Gasteiger partial charge in [-0.15, -0.1) is 0 Å². The average Bonchev–Trinajstić information content (AvgIpc) is 2.88. The molecular weight excluding hydrogens is 486 g/mol. The summed E-state index contributed by atoms with van der Waals surface area (Å²) in [5.74, 6) is 1.20. The molecule has 1 fully saturated rings. The van der Waals surface area contributed by atoms with Gasteiger partial charge in [0.15, 0.2) is 0 Å². The van der Waals surface area contributed by atoms with Crippen molar-refractivity contribution in [2.75, 3.05) is 25.0 Å². The van der Waals surface area contributed by atoms with Crippen molar-refractivity contribution >= 4 is 11.8 Å². The van der Waals surface area contributed by atoms with Gasteiger partial charge in [0, 0.05) is 24.5 Å². The van der Waals surface area contributed by atoms with E-state index in [1.54, 1.807) is 11.1 Å². The minimum absolute atomic E-state index is 0.0433. The number of hydrogen-bond donors (Lipinski definition) is 1. The first-order valence-electron chi connectivity index (χ1n) is 14.1. The minimum Gasteiger partial charge on any atom is -0.490 e. The fourth-order valence-corrected chi connectivity index (χ4v) is 4.71. The first-order chi connectivity index (χ1) is 18.7. The van der Waals surface area contributed by atoms with E-state index in [-0.39, 0.29) is 12.1 Å². The van der Waals surface area contributed by atoms with Gasteiger partial charge in [-0.1, -0.05) is 49.4 Å². The summed E-state index contributed by atoms with van der Waals surface area (Å²) in [6.45, 7) is 12.1. The SMILES string of the molecule is Cc1ncc(OCC2CCN2C(=O)OC(C)(C)C)cc1CCC(C)c1ccc(CCNc2ccccc2)cc1. The van der Waals surface area contributed by atoms with Gasteiger partial charge in [0.05, 0.1) is 12.2 Å². The van der Waals surface area contributed by atoms with Crippen LogP contribution in [-0.2, 0) is 17.6 Å². The highest BCUT2D eigenvalue weighted by atomic mass is 16.6. The molecule has 2 unspecified atom stereocenters. The molecule has 2 heterocycles.